The van der Waals surface area contributed by atoms with Crippen molar-refractivity contribution in [3.8, 4) is 0 Å². The number of halogens is 1. The average molecular weight is 353 g/mol. The Morgan fingerprint density at radius 1 is 1.18 bits per heavy atom. The Morgan fingerprint density at radius 2 is 1.82 bits per heavy atom. The second kappa shape index (κ2) is 9.91. The summed E-state index contributed by atoms with van der Waals surface area (Å²) in [4.78, 5) is 13.6. The van der Waals surface area contributed by atoms with Crippen LogP contribution >= 0.6 is 23.4 Å². The van der Waals surface area contributed by atoms with Gasteiger partial charge in [-0.3, -0.25) is 0 Å². The predicted molar refractivity (Wildman–Crippen MR) is 86.1 cm³/mol. The van der Waals surface area contributed by atoms with Crippen molar-refractivity contribution >= 4 is 46.0 Å². The van der Waals surface area contributed by atoms with Crippen LogP contribution in [0.25, 0.3) is 0 Å². The molecule has 2 aromatic rings. The van der Waals surface area contributed by atoms with Gasteiger partial charge in [0.2, 0.25) is 0 Å². The Bertz CT molecular complexity index is 610. The summed E-state index contributed by atoms with van der Waals surface area (Å²) in [7, 11) is 0. The van der Waals surface area contributed by atoms with E-state index < -0.39 is 0 Å². The van der Waals surface area contributed by atoms with Gasteiger partial charge in [-0.2, -0.15) is 0 Å². The molecule has 0 radical (unpaired) electrons. The first kappa shape index (κ1) is 21.0. The van der Waals surface area contributed by atoms with Gasteiger partial charge in [0.25, 0.3) is 0 Å². The van der Waals surface area contributed by atoms with Crippen LogP contribution in [0.15, 0.2) is 58.3 Å². The van der Waals surface area contributed by atoms with Crippen molar-refractivity contribution in [2.24, 2.45) is 0 Å². The molecule has 0 aliphatic heterocycles. The van der Waals surface area contributed by atoms with Gasteiger partial charge in [-0.05, 0) is 0 Å². The third kappa shape index (κ3) is 5.33. The molecule has 22 heavy (non-hydrogen) atoms. The molecule has 0 amide bonds. The molecule has 1 atom stereocenters. The van der Waals surface area contributed by atoms with E-state index in [1.807, 2.05) is 72.1 Å². The van der Waals surface area contributed by atoms with E-state index in [-0.39, 0.29) is 22.8 Å². The zero-order chi connectivity index (χ0) is 14.5. The molecule has 0 aliphatic rings. The monoisotopic (exact) mass is 352 g/mol. The molecule has 1 unspecified atom stereocenters. The van der Waals surface area contributed by atoms with Crippen LogP contribution in [0.5, 0.6) is 0 Å². The smallest absolute Gasteiger partial charge is 0.870 e. The fraction of sp³-hybridized carbons (Fsp3) is 0.133. The van der Waals surface area contributed by atoms with Crippen LogP contribution in [0.2, 0.25) is 5.02 Å². The first-order valence-corrected chi connectivity index (χ1v) is 7.71. The molecule has 0 spiro atoms. The van der Waals surface area contributed by atoms with Gasteiger partial charge in [-0.25, -0.2) is 0 Å². The molecule has 0 bridgehead atoms. The summed E-state index contributed by atoms with van der Waals surface area (Å²) in [6.07, 6.45) is 0. The van der Waals surface area contributed by atoms with Gasteiger partial charge in [0.05, 0.1) is 0 Å². The van der Waals surface area contributed by atoms with Crippen LogP contribution < -0.4 is 0 Å². The summed E-state index contributed by atoms with van der Waals surface area (Å²) < 4.78 is 4.69. The van der Waals surface area contributed by atoms with Crippen LogP contribution in [0, 0.1) is 0 Å². The van der Waals surface area contributed by atoms with Crippen LogP contribution in [0.3, 0.4) is 0 Å². The summed E-state index contributed by atoms with van der Waals surface area (Å²) in [5.74, 6) is -0.604. The molecule has 7 heteroatoms. The van der Waals surface area contributed by atoms with E-state index in [0.717, 1.165) is 15.4 Å². The van der Waals surface area contributed by atoms with Crippen molar-refractivity contribution < 1.29 is 19.5 Å². The minimum atomic E-state index is -0.320. The first-order valence-electron chi connectivity index (χ1n) is 6.04. The van der Waals surface area contributed by atoms with Gasteiger partial charge < -0.3 is 11.0 Å². The largest absolute Gasteiger partial charge is 0.870 e. The number of hydrogen-bond donors (Lipinski definition) is 0. The van der Waals surface area contributed by atoms with Gasteiger partial charge >= 0.3 is 136 Å². The maximum atomic E-state index is 11.6. The Hall–Kier alpha value is -0.998. The molecule has 0 saturated carbocycles. The minimum absolute atomic E-state index is 0. The normalized spacial score (nSPS) is 10.9. The first-order chi connectivity index (χ1) is 9.61. The van der Waals surface area contributed by atoms with E-state index in [2.05, 4.69) is 0 Å². The Balaban J connectivity index is 0.00000220. The molecule has 114 valence electrons. The second-order valence-corrected chi connectivity index (χ2v) is 6.02. The summed E-state index contributed by atoms with van der Waals surface area (Å²) >= 11 is 9.78. The number of carbonyl (C=O) groups excluding carboxylic acids is 1. The standard InChI is InChI=1S/C15H13ClO2S.Al.2H2O/c1-10(15(17)18)11-7-8-13(16)14(9-11)19-12-5-3-2-4-6-12;;;/h2-10H,1H3,(H,17,18);;2*1H2/q;+3;;/p-3. The SMILES string of the molecule is CC(C(=O)[O][Al+2])c1ccc(Cl)c(Sc2ccccc2)c1.[OH-].[OH-]. The van der Waals surface area contributed by atoms with Crippen molar-refractivity contribution in [1.29, 1.82) is 0 Å². The third-order valence-corrected chi connectivity index (χ3v) is 4.64. The average Bonchev–Trinajstić information content (AvgIpc) is 2.49. The van der Waals surface area contributed by atoms with Gasteiger partial charge in [0.15, 0.2) is 0 Å². The van der Waals surface area contributed by atoms with E-state index in [0.29, 0.717) is 5.02 Å². The molecular weight excluding hydrogens is 339 g/mol. The molecule has 0 aliphatic carbocycles. The molecule has 2 aromatic carbocycles. The molecule has 2 N–H and O–H groups in total. The minimum Gasteiger partial charge on any atom is -0.870 e. The maximum Gasteiger partial charge on any atom is -0.870 e. The zero-order valence-electron chi connectivity index (χ0n) is 11.8. The third-order valence-electron chi connectivity index (χ3n) is 2.90. The number of hydrogen-bond acceptors (Lipinski definition) is 5. The molecule has 2 rings (SSSR count). The molecule has 4 nitrogen and oxygen atoms in total. The zero-order valence-corrected chi connectivity index (χ0v) is 14.5. The van der Waals surface area contributed by atoms with Crippen molar-refractivity contribution in [3.63, 3.8) is 0 Å². The van der Waals surface area contributed by atoms with Crippen molar-refractivity contribution in [2.45, 2.75) is 22.6 Å². The van der Waals surface area contributed by atoms with Crippen LogP contribution in [0.1, 0.15) is 18.4 Å². The van der Waals surface area contributed by atoms with E-state index in [4.69, 9.17) is 15.4 Å². The summed E-state index contributed by atoms with van der Waals surface area (Å²) in [5, 5.41) is 0.675. The van der Waals surface area contributed by atoms with Crippen molar-refractivity contribution in [2.75, 3.05) is 0 Å². The summed E-state index contributed by atoms with van der Waals surface area (Å²) in [6, 6.07) is 15.6. The van der Waals surface area contributed by atoms with Crippen molar-refractivity contribution in [1.82, 2.24) is 0 Å². The quantitative estimate of drug-likeness (QED) is 0.779. The van der Waals surface area contributed by atoms with Crippen LogP contribution in [-0.2, 0) is 8.58 Å². The fourth-order valence-electron chi connectivity index (χ4n) is 1.72. The second-order valence-electron chi connectivity index (χ2n) is 4.26. The van der Waals surface area contributed by atoms with Gasteiger partial charge in [-0.1, -0.05) is 0 Å². The van der Waals surface area contributed by atoms with Gasteiger partial charge in [0, 0.05) is 0 Å². The van der Waals surface area contributed by atoms with Crippen molar-refractivity contribution in [3.05, 3.63) is 59.1 Å². The predicted octanol–water partition coefficient (Wildman–Crippen LogP) is 3.87. The summed E-state index contributed by atoms with van der Waals surface area (Å²) in [6.45, 7) is 1.81. The van der Waals surface area contributed by atoms with Gasteiger partial charge in [0.1, 0.15) is 0 Å². The van der Waals surface area contributed by atoms with E-state index in [1.54, 1.807) is 11.8 Å². The topological polar surface area (TPSA) is 86.3 Å². The maximum absolute atomic E-state index is 11.6. The Morgan fingerprint density at radius 3 is 2.41 bits per heavy atom. The number of benzene rings is 2. The molecular formula is C15H14AlClO4S. The van der Waals surface area contributed by atoms with Gasteiger partial charge in [-0.15, -0.1) is 0 Å². The van der Waals surface area contributed by atoms with Crippen LogP contribution in [-0.4, -0.2) is 33.5 Å². The fourth-order valence-corrected chi connectivity index (χ4v) is 3.07. The molecule has 0 saturated heterocycles. The Kier molecular flexibility index (Phi) is 9.46. The summed E-state index contributed by atoms with van der Waals surface area (Å²) in [5.41, 5.74) is 0.889. The van der Waals surface area contributed by atoms with E-state index in [1.165, 1.54) is 0 Å². The number of rotatable bonds is 4. The van der Waals surface area contributed by atoms with E-state index >= 15 is 0 Å². The molecule has 0 fully saturated rings. The number of carbonyl (C=O) groups is 1. The Labute approximate surface area is 147 Å². The molecule has 0 aromatic heterocycles. The molecule has 0 heterocycles. The van der Waals surface area contributed by atoms with Crippen LogP contribution in [0.4, 0.5) is 0 Å². The van der Waals surface area contributed by atoms with E-state index in [9.17, 15) is 4.79 Å².